The molecule has 29 heavy (non-hydrogen) atoms. The molecule has 0 N–H and O–H groups in total. The highest BCUT2D eigenvalue weighted by molar-refractivity contribution is 7.16. The van der Waals surface area contributed by atoms with Crippen LogP contribution in [-0.2, 0) is 6.54 Å². The number of benzene rings is 2. The summed E-state index contributed by atoms with van der Waals surface area (Å²) in [5.74, 6) is 1.74. The summed E-state index contributed by atoms with van der Waals surface area (Å²) in [6, 6.07) is 8.98. The fraction of sp³-hybridized carbons (Fsp3) is 0.333. The Morgan fingerprint density at radius 1 is 1.00 bits per heavy atom. The molecule has 8 heteroatoms. The topological polar surface area (TPSA) is 71.3 Å². The van der Waals surface area contributed by atoms with E-state index in [9.17, 15) is 4.79 Å². The number of carbonyl (C=O) groups excluding carboxylic acids is 1. The summed E-state index contributed by atoms with van der Waals surface area (Å²) in [4.78, 5) is 18.0. The van der Waals surface area contributed by atoms with Gasteiger partial charge in [-0.15, -0.1) is 0 Å². The van der Waals surface area contributed by atoms with Crippen molar-refractivity contribution in [1.82, 2.24) is 4.57 Å². The fourth-order valence-corrected chi connectivity index (χ4v) is 4.19. The van der Waals surface area contributed by atoms with Gasteiger partial charge in [0.25, 0.3) is 5.91 Å². The Morgan fingerprint density at radius 3 is 2.31 bits per heavy atom. The number of ether oxygens (including phenoxy) is 4. The normalized spacial score (nSPS) is 11.6. The van der Waals surface area contributed by atoms with E-state index in [4.69, 9.17) is 18.9 Å². The first-order chi connectivity index (χ1) is 14.1. The third kappa shape index (κ3) is 3.93. The van der Waals surface area contributed by atoms with Gasteiger partial charge in [0.05, 0.1) is 44.2 Å². The number of hydrogen-bond donors (Lipinski definition) is 0. The Labute approximate surface area is 173 Å². The molecule has 3 rings (SSSR count). The number of para-hydroxylation sites is 1. The lowest BCUT2D eigenvalue weighted by Gasteiger charge is -2.10. The third-order valence-corrected chi connectivity index (χ3v) is 5.51. The third-order valence-electron chi connectivity index (χ3n) is 4.47. The minimum Gasteiger partial charge on any atom is -0.493 e. The maximum absolute atomic E-state index is 13.0. The van der Waals surface area contributed by atoms with Crippen LogP contribution in [0.5, 0.6) is 23.0 Å². The van der Waals surface area contributed by atoms with E-state index < -0.39 is 5.91 Å². The quantitative estimate of drug-likeness (QED) is 0.584. The highest BCUT2D eigenvalue weighted by atomic mass is 32.1. The zero-order chi connectivity index (χ0) is 21.0. The van der Waals surface area contributed by atoms with Gasteiger partial charge in [0.15, 0.2) is 27.8 Å². The number of methoxy groups -OCH3 is 4. The largest absolute Gasteiger partial charge is 0.493 e. The van der Waals surface area contributed by atoms with Crippen molar-refractivity contribution in [2.45, 2.75) is 19.9 Å². The van der Waals surface area contributed by atoms with Crippen molar-refractivity contribution < 1.29 is 23.7 Å². The van der Waals surface area contributed by atoms with Crippen LogP contribution in [0.25, 0.3) is 10.2 Å². The lowest BCUT2D eigenvalue weighted by atomic mass is 10.2. The highest BCUT2D eigenvalue weighted by Crippen LogP contribution is 2.34. The lowest BCUT2D eigenvalue weighted by Crippen LogP contribution is -2.17. The van der Waals surface area contributed by atoms with Crippen LogP contribution < -0.4 is 23.7 Å². The number of amides is 1. The van der Waals surface area contributed by atoms with Crippen LogP contribution in [0.4, 0.5) is 0 Å². The minimum atomic E-state index is -0.393. The summed E-state index contributed by atoms with van der Waals surface area (Å²) >= 11 is 1.43. The summed E-state index contributed by atoms with van der Waals surface area (Å²) < 4.78 is 24.5. The van der Waals surface area contributed by atoms with Crippen LogP contribution in [0.2, 0.25) is 0 Å². The molecule has 0 aliphatic rings. The molecule has 0 aliphatic heterocycles. The summed E-state index contributed by atoms with van der Waals surface area (Å²) in [5.41, 5.74) is 1.29. The maximum atomic E-state index is 13.0. The van der Waals surface area contributed by atoms with Crippen LogP contribution in [-0.4, -0.2) is 38.9 Å². The average molecular weight is 416 g/mol. The van der Waals surface area contributed by atoms with Gasteiger partial charge in [0, 0.05) is 18.7 Å². The second-order valence-corrected chi connectivity index (χ2v) is 7.18. The van der Waals surface area contributed by atoms with Crippen molar-refractivity contribution in [3.8, 4) is 23.0 Å². The van der Waals surface area contributed by atoms with E-state index in [-0.39, 0.29) is 0 Å². The predicted octanol–water partition coefficient (Wildman–Crippen LogP) is 3.89. The van der Waals surface area contributed by atoms with Gasteiger partial charge in [0.2, 0.25) is 0 Å². The van der Waals surface area contributed by atoms with Gasteiger partial charge in [0.1, 0.15) is 0 Å². The average Bonchev–Trinajstić information content (AvgIpc) is 3.07. The van der Waals surface area contributed by atoms with Gasteiger partial charge in [-0.05, 0) is 18.6 Å². The molecule has 0 saturated carbocycles. The van der Waals surface area contributed by atoms with E-state index in [2.05, 4.69) is 11.9 Å². The Morgan fingerprint density at radius 2 is 1.69 bits per heavy atom. The molecule has 0 aliphatic carbocycles. The van der Waals surface area contributed by atoms with Crippen molar-refractivity contribution >= 4 is 27.5 Å². The van der Waals surface area contributed by atoms with Gasteiger partial charge in [-0.3, -0.25) is 4.79 Å². The molecule has 0 bridgehead atoms. The van der Waals surface area contributed by atoms with Crippen LogP contribution in [0, 0.1) is 0 Å². The number of fused-ring (bicyclic) bond motifs is 1. The van der Waals surface area contributed by atoms with Crippen molar-refractivity contribution in [2.24, 2.45) is 4.99 Å². The van der Waals surface area contributed by atoms with E-state index in [0.29, 0.717) is 33.4 Å². The van der Waals surface area contributed by atoms with Gasteiger partial charge < -0.3 is 23.5 Å². The van der Waals surface area contributed by atoms with E-state index in [0.717, 1.165) is 23.2 Å². The first kappa shape index (κ1) is 20.7. The lowest BCUT2D eigenvalue weighted by molar-refractivity contribution is 0.0994. The van der Waals surface area contributed by atoms with Gasteiger partial charge >= 0.3 is 0 Å². The molecule has 154 valence electrons. The Balaban J connectivity index is 2.19. The summed E-state index contributed by atoms with van der Waals surface area (Å²) in [6.07, 6.45) is 0.893. The number of thiazole rings is 1. The van der Waals surface area contributed by atoms with Gasteiger partial charge in [-0.2, -0.15) is 4.99 Å². The maximum Gasteiger partial charge on any atom is 0.283 e. The Hall–Kier alpha value is -3.00. The molecule has 7 nitrogen and oxygen atoms in total. The van der Waals surface area contributed by atoms with E-state index >= 15 is 0 Å². The van der Waals surface area contributed by atoms with Crippen LogP contribution in [0.3, 0.4) is 0 Å². The monoisotopic (exact) mass is 416 g/mol. The summed E-state index contributed by atoms with van der Waals surface area (Å²) in [7, 11) is 6.24. The molecule has 0 saturated heterocycles. The van der Waals surface area contributed by atoms with Gasteiger partial charge in [-0.25, -0.2) is 0 Å². The van der Waals surface area contributed by atoms with E-state index in [1.165, 1.54) is 25.6 Å². The molecule has 0 spiro atoms. The van der Waals surface area contributed by atoms with E-state index in [1.807, 2.05) is 16.7 Å². The predicted molar refractivity (Wildman–Crippen MR) is 113 cm³/mol. The van der Waals surface area contributed by atoms with Crippen molar-refractivity contribution in [1.29, 1.82) is 0 Å². The SMILES string of the molecule is CCCn1c(=NC(=O)c2cccc(OC)c2OC)sc2cc(OC)c(OC)cc21. The standard InChI is InChI=1S/C21H24N2O5S/c1-6-10-23-14-11-16(26-3)17(27-4)12-18(14)29-21(23)22-20(24)13-8-7-9-15(25-2)19(13)28-5/h7-9,11-12H,6,10H2,1-5H3. The Bertz CT molecular complexity index is 1100. The number of nitrogens with zero attached hydrogens (tertiary/aromatic N) is 2. The molecule has 0 fully saturated rings. The molecule has 1 heterocycles. The van der Waals surface area contributed by atoms with E-state index in [1.54, 1.807) is 32.4 Å². The fourth-order valence-electron chi connectivity index (χ4n) is 3.12. The number of hydrogen-bond acceptors (Lipinski definition) is 6. The van der Waals surface area contributed by atoms with Crippen LogP contribution >= 0.6 is 11.3 Å². The highest BCUT2D eigenvalue weighted by Gasteiger charge is 2.17. The smallest absolute Gasteiger partial charge is 0.283 e. The number of aryl methyl sites for hydroxylation is 1. The van der Waals surface area contributed by atoms with Crippen molar-refractivity contribution in [3.05, 3.63) is 40.7 Å². The molecule has 0 unspecified atom stereocenters. The van der Waals surface area contributed by atoms with Gasteiger partial charge in [-0.1, -0.05) is 24.3 Å². The van der Waals surface area contributed by atoms with Crippen LogP contribution in [0.1, 0.15) is 23.7 Å². The molecule has 2 aromatic carbocycles. The second-order valence-electron chi connectivity index (χ2n) is 6.17. The minimum absolute atomic E-state index is 0.350. The molecule has 0 atom stereocenters. The molecular formula is C21H24N2O5S. The summed E-state index contributed by atoms with van der Waals surface area (Å²) in [6.45, 7) is 2.80. The zero-order valence-corrected chi connectivity index (χ0v) is 18.0. The Kier molecular flexibility index (Phi) is 6.43. The number of carbonyl (C=O) groups is 1. The molecule has 3 aromatic rings. The number of rotatable bonds is 7. The summed E-state index contributed by atoms with van der Waals surface area (Å²) in [5, 5.41) is 0. The molecule has 1 aromatic heterocycles. The van der Waals surface area contributed by atoms with Crippen molar-refractivity contribution in [3.63, 3.8) is 0 Å². The zero-order valence-electron chi connectivity index (χ0n) is 17.1. The first-order valence-electron chi connectivity index (χ1n) is 9.13. The van der Waals surface area contributed by atoms with Crippen molar-refractivity contribution in [2.75, 3.05) is 28.4 Å². The molecular weight excluding hydrogens is 392 g/mol. The second kappa shape index (κ2) is 9.00. The van der Waals surface area contributed by atoms with Crippen LogP contribution in [0.15, 0.2) is 35.3 Å². The molecule has 0 radical (unpaired) electrons. The first-order valence-corrected chi connectivity index (χ1v) is 9.94. The number of aromatic nitrogens is 1. The molecule has 1 amide bonds.